The fourth-order valence-corrected chi connectivity index (χ4v) is 3.42. The molecule has 0 fully saturated rings. The molecule has 0 aromatic rings. The zero-order valence-corrected chi connectivity index (χ0v) is 19.8. The van der Waals surface area contributed by atoms with Crippen molar-refractivity contribution < 1.29 is 18.9 Å². The summed E-state index contributed by atoms with van der Waals surface area (Å²) in [7, 11) is -4.25. The lowest BCUT2D eigenvalue weighted by Gasteiger charge is -2.05. The molecule has 0 spiro atoms. The quantitative estimate of drug-likeness (QED) is 0.143. The van der Waals surface area contributed by atoms with Gasteiger partial charge < -0.3 is 15.5 Å². The maximum absolute atomic E-state index is 10.4. The first-order chi connectivity index (χ1) is 13.5. The number of hydrogen-bond donors (Lipinski definition) is 3. The van der Waals surface area contributed by atoms with Gasteiger partial charge in [-0.15, -0.1) is 0 Å². The van der Waals surface area contributed by atoms with Crippen molar-refractivity contribution in [3.8, 4) is 0 Å². The van der Waals surface area contributed by atoms with Crippen LogP contribution in [0.3, 0.4) is 0 Å². The van der Waals surface area contributed by atoms with Crippen LogP contribution in [-0.4, -0.2) is 22.9 Å². The molecule has 0 bridgehead atoms. The molecule has 5 nitrogen and oxygen atoms in total. The van der Waals surface area contributed by atoms with E-state index in [2.05, 4.69) is 18.4 Å². The zero-order valence-electron chi connectivity index (χ0n) is 18.9. The lowest BCUT2D eigenvalue weighted by atomic mass is 10.1. The van der Waals surface area contributed by atoms with Crippen LogP contribution in [-0.2, 0) is 9.09 Å². The van der Waals surface area contributed by atoms with Gasteiger partial charge in [0, 0.05) is 0 Å². The molecule has 0 atom stereocenters. The van der Waals surface area contributed by atoms with Crippen molar-refractivity contribution >= 4 is 7.82 Å². The fourth-order valence-electron chi connectivity index (χ4n) is 3.05. The van der Waals surface area contributed by atoms with E-state index < -0.39 is 7.82 Å². The first kappa shape index (κ1) is 30.3. The van der Waals surface area contributed by atoms with Crippen LogP contribution in [0.4, 0.5) is 0 Å². The van der Waals surface area contributed by atoms with Crippen molar-refractivity contribution in [2.45, 2.75) is 129 Å². The minimum absolute atomic E-state index is 0.168. The van der Waals surface area contributed by atoms with E-state index in [9.17, 15) is 4.57 Å². The first-order valence-electron chi connectivity index (χ1n) is 11.9. The summed E-state index contributed by atoms with van der Waals surface area (Å²) in [5, 5.41) is 0. The lowest BCUT2D eigenvalue weighted by molar-refractivity contribution is 0.193. The number of rotatable bonds is 20. The molecule has 0 saturated heterocycles. The average Bonchev–Trinajstić information content (AvgIpc) is 2.65. The van der Waals surface area contributed by atoms with Crippen LogP contribution < -0.4 is 5.73 Å². The summed E-state index contributed by atoms with van der Waals surface area (Å²) >= 11 is 0. The molecule has 0 amide bonds. The number of phosphoric ester groups is 1. The Bertz CT molecular complexity index is 318. The van der Waals surface area contributed by atoms with Crippen LogP contribution in [0.1, 0.15) is 129 Å². The van der Waals surface area contributed by atoms with Crippen LogP contribution in [0.5, 0.6) is 0 Å². The molecular weight excluding hydrogens is 373 g/mol. The van der Waals surface area contributed by atoms with Gasteiger partial charge in [-0.25, -0.2) is 4.57 Å². The minimum Gasteiger partial charge on any atom is -0.330 e. The highest BCUT2D eigenvalue weighted by molar-refractivity contribution is 7.46. The topological polar surface area (TPSA) is 92.8 Å². The Balaban J connectivity index is 0. The van der Waals surface area contributed by atoms with Gasteiger partial charge in [-0.1, -0.05) is 117 Å². The molecule has 0 unspecified atom stereocenters. The first-order valence-corrected chi connectivity index (χ1v) is 13.4. The van der Waals surface area contributed by atoms with Crippen molar-refractivity contribution in [1.29, 1.82) is 0 Å². The molecular formula is C22H50NO4P. The summed E-state index contributed by atoms with van der Waals surface area (Å²) in [6, 6.07) is 0. The molecule has 172 valence electrons. The third-order valence-electron chi connectivity index (χ3n) is 4.82. The second-order valence-electron chi connectivity index (χ2n) is 7.77. The minimum atomic E-state index is -4.25. The Hall–Kier alpha value is 0.0700. The zero-order chi connectivity index (χ0) is 21.3. The molecule has 0 aliphatic rings. The van der Waals surface area contributed by atoms with Crippen LogP contribution >= 0.6 is 7.82 Å². The smallest absolute Gasteiger partial charge is 0.330 e. The second-order valence-corrected chi connectivity index (χ2v) is 9.01. The Morgan fingerprint density at radius 3 is 1.25 bits per heavy atom. The molecule has 0 aromatic carbocycles. The molecule has 0 aliphatic carbocycles. The number of phosphoric acid groups is 1. The standard InChI is InChI=1S/C14H31O4P.C8H19N/c1-2-3-4-5-6-7-8-9-10-11-12-13-14-18-19(15,16)17;1-2-3-4-5-6-7-8-9/h2-14H2,1H3,(H2,15,16,17);2-9H2,1H3. The predicted molar refractivity (Wildman–Crippen MR) is 122 cm³/mol. The van der Waals surface area contributed by atoms with Gasteiger partial charge in [-0.3, -0.25) is 4.52 Å². The third-order valence-corrected chi connectivity index (χ3v) is 5.33. The SMILES string of the molecule is CCCCCCCCCCCCCCOP(=O)(O)O.CCCCCCCCN. The Kier molecular flexibility index (Phi) is 27.1. The van der Waals surface area contributed by atoms with Gasteiger partial charge in [0.05, 0.1) is 6.61 Å². The van der Waals surface area contributed by atoms with Crippen molar-refractivity contribution in [1.82, 2.24) is 0 Å². The highest BCUT2D eigenvalue weighted by atomic mass is 31.2. The highest BCUT2D eigenvalue weighted by Gasteiger charge is 2.12. The maximum atomic E-state index is 10.4. The Morgan fingerprint density at radius 1 is 0.607 bits per heavy atom. The summed E-state index contributed by atoms with van der Waals surface area (Å²) < 4.78 is 14.8. The molecule has 28 heavy (non-hydrogen) atoms. The second kappa shape index (κ2) is 25.1. The van der Waals surface area contributed by atoms with Gasteiger partial charge in [0.2, 0.25) is 0 Å². The largest absolute Gasteiger partial charge is 0.469 e. The summed E-state index contributed by atoms with van der Waals surface area (Å²) in [5.74, 6) is 0. The van der Waals surface area contributed by atoms with Gasteiger partial charge in [-0.05, 0) is 19.4 Å². The van der Waals surface area contributed by atoms with E-state index in [1.165, 1.54) is 96.3 Å². The van der Waals surface area contributed by atoms with Gasteiger partial charge in [0.1, 0.15) is 0 Å². The molecule has 0 radical (unpaired) electrons. The van der Waals surface area contributed by atoms with Crippen LogP contribution in [0.2, 0.25) is 0 Å². The lowest BCUT2D eigenvalue weighted by Crippen LogP contribution is -1.97. The van der Waals surface area contributed by atoms with Gasteiger partial charge >= 0.3 is 7.82 Å². The van der Waals surface area contributed by atoms with Crippen LogP contribution in [0.25, 0.3) is 0 Å². The van der Waals surface area contributed by atoms with Gasteiger partial charge in [0.25, 0.3) is 0 Å². The van der Waals surface area contributed by atoms with E-state index in [0.717, 1.165) is 25.8 Å². The normalized spacial score (nSPS) is 11.3. The molecule has 6 heteroatoms. The molecule has 4 N–H and O–H groups in total. The maximum Gasteiger partial charge on any atom is 0.469 e. The molecule has 0 aromatic heterocycles. The summed E-state index contributed by atoms with van der Waals surface area (Å²) in [6.45, 7) is 5.52. The van der Waals surface area contributed by atoms with Crippen molar-refractivity contribution in [3.63, 3.8) is 0 Å². The van der Waals surface area contributed by atoms with Crippen molar-refractivity contribution in [2.24, 2.45) is 5.73 Å². The molecule has 0 aliphatic heterocycles. The van der Waals surface area contributed by atoms with Gasteiger partial charge in [-0.2, -0.15) is 0 Å². The van der Waals surface area contributed by atoms with Gasteiger partial charge in [0.15, 0.2) is 0 Å². The van der Waals surface area contributed by atoms with E-state index in [-0.39, 0.29) is 6.61 Å². The van der Waals surface area contributed by atoms with Crippen molar-refractivity contribution in [2.75, 3.05) is 13.2 Å². The van der Waals surface area contributed by atoms with E-state index in [1.54, 1.807) is 0 Å². The fraction of sp³-hybridized carbons (Fsp3) is 1.00. The molecule has 0 rings (SSSR count). The van der Waals surface area contributed by atoms with E-state index in [1.807, 2.05) is 0 Å². The third kappa shape index (κ3) is 33.6. The van der Waals surface area contributed by atoms with E-state index in [0.29, 0.717) is 0 Å². The van der Waals surface area contributed by atoms with Crippen LogP contribution in [0, 0.1) is 0 Å². The monoisotopic (exact) mass is 423 g/mol. The van der Waals surface area contributed by atoms with Crippen molar-refractivity contribution in [3.05, 3.63) is 0 Å². The highest BCUT2D eigenvalue weighted by Crippen LogP contribution is 2.35. The Morgan fingerprint density at radius 2 is 0.929 bits per heavy atom. The molecule has 0 saturated carbocycles. The Labute approximate surface area is 175 Å². The van der Waals surface area contributed by atoms with E-state index >= 15 is 0 Å². The number of nitrogens with two attached hydrogens (primary N) is 1. The molecule has 0 heterocycles. The number of unbranched alkanes of at least 4 members (excludes halogenated alkanes) is 16. The van der Waals surface area contributed by atoms with Crippen LogP contribution in [0.15, 0.2) is 0 Å². The number of hydrogen-bond acceptors (Lipinski definition) is 3. The summed E-state index contributed by atoms with van der Waals surface area (Å²) in [5.41, 5.74) is 5.34. The average molecular weight is 424 g/mol. The predicted octanol–water partition coefficient (Wildman–Crippen LogP) is 7.10. The van der Waals surface area contributed by atoms with E-state index in [4.69, 9.17) is 15.5 Å². The summed E-state index contributed by atoms with van der Waals surface area (Å²) in [4.78, 5) is 17.0. The summed E-state index contributed by atoms with van der Waals surface area (Å²) in [6.07, 6.45) is 22.9.